The van der Waals surface area contributed by atoms with Crippen molar-refractivity contribution in [1.82, 2.24) is 4.90 Å². The van der Waals surface area contributed by atoms with E-state index in [1.807, 2.05) is 43.3 Å². The first kappa shape index (κ1) is 18.7. The fourth-order valence-electron chi connectivity index (χ4n) is 3.65. The summed E-state index contributed by atoms with van der Waals surface area (Å²) in [7, 11) is 0. The van der Waals surface area contributed by atoms with Crippen LogP contribution in [0, 0.1) is 5.92 Å². The van der Waals surface area contributed by atoms with E-state index in [-0.39, 0.29) is 12.0 Å². The molecule has 0 saturated carbocycles. The maximum atomic E-state index is 11.3. The summed E-state index contributed by atoms with van der Waals surface area (Å²) < 4.78 is 5.87. The fraction of sp³-hybridized carbons (Fsp3) is 0.381. The Bertz CT molecular complexity index is 742. The number of halogens is 1. The molecule has 0 spiro atoms. The Kier molecular flexibility index (Phi) is 6.17. The van der Waals surface area contributed by atoms with Crippen molar-refractivity contribution >= 4 is 17.6 Å². The quantitative estimate of drug-likeness (QED) is 0.802. The maximum Gasteiger partial charge on any atom is 0.306 e. The van der Waals surface area contributed by atoms with Crippen LogP contribution in [-0.2, 0) is 4.79 Å². The molecule has 1 N–H and O–H groups in total. The first-order chi connectivity index (χ1) is 12.6. The second kappa shape index (κ2) is 8.56. The van der Waals surface area contributed by atoms with Crippen LogP contribution in [-0.4, -0.2) is 35.7 Å². The van der Waals surface area contributed by atoms with E-state index in [2.05, 4.69) is 17.0 Å². The van der Waals surface area contributed by atoms with Gasteiger partial charge in [0.2, 0.25) is 0 Å². The van der Waals surface area contributed by atoms with E-state index < -0.39 is 5.97 Å². The van der Waals surface area contributed by atoms with Gasteiger partial charge in [-0.2, -0.15) is 0 Å². The van der Waals surface area contributed by atoms with Crippen LogP contribution in [0.3, 0.4) is 0 Å². The number of aliphatic carboxylic acids is 1. The lowest BCUT2D eigenvalue weighted by Crippen LogP contribution is -2.39. The number of ether oxygens (including phenoxy) is 1. The van der Waals surface area contributed by atoms with Crippen LogP contribution in [0.5, 0.6) is 5.75 Å². The fourth-order valence-corrected chi connectivity index (χ4v) is 3.83. The zero-order valence-electron chi connectivity index (χ0n) is 14.9. The molecule has 26 heavy (non-hydrogen) atoms. The highest BCUT2D eigenvalue weighted by molar-refractivity contribution is 6.30. The van der Waals surface area contributed by atoms with Gasteiger partial charge in [0.05, 0.1) is 18.6 Å². The summed E-state index contributed by atoms with van der Waals surface area (Å²) in [6, 6.07) is 16.0. The standard InChI is InChI=1S/C21H24ClNO3/c1-2-26-19-9-8-17(22)14-18(19)20(15-6-4-3-5-7-15)23-12-10-16(11-13-23)21(24)25/h3-9,14,16,20H,2,10-13H2,1H3,(H,24,25). The molecule has 138 valence electrons. The van der Waals surface area contributed by atoms with E-state index in [0.29, 0.717) is 24.5 Å². The number of rotatable bonds is 6. The molecule has 1 unspecified atom stereocenters. The molecular formula is C21H24ClNO3. The molecule has 3 rings (SSSR count). The summed E-state index contributed by atoms with van der Waals surface area (Å²) in [5, 5.41) is 9.96. The smallest absolute Gasteiger partial charge is 0.306 e. The number of benzene rings is 2. The highest BCUT2D eigenvalue weighted by Crippen LogP contribution is 2.38. The van der Waals surface area contributed by atoms with Gasteiger partial charge in [-0.05, 0) is 56.6 Å². The molecule has 1 aliphatic rings. The third kappa shape index (κ3) is 4.19. The van der Waals surface area contributed by atoms with Gasteiger partial charge in [-0.25, -0.2) is 0 Å². The van der Waals surface area contributed by atoms with Gasteiger partial charge in [-0.1, -0.05) is 41.9 Å². The molecular weight excluding hydrogens is 350 g/mol. The van der Waals surface area contributed by atoms with Crippen LogP contribution in [0.4, 0.5) is 0 Å². The van der Waals surface area contributed by atoms with Gasteiger partial charge in [0.15, 0.2) is 0 Å². The first-order valence-electron chi connectivity index (χ1n) is 9.04. The van der Waals surface area contributed by atoms with E-state index in [1.54, 1.807) is 0 Å². The van der Waals surface area contributed by atoms with E-state index in [0.717, 1.165) is 30.0 Å². The number of carbonyl (C=O) groups is 1. The van der Waals surface area contributed by atoms with Crippen molar-refractivity contribution in [1.29, 1.82) is 0 Å². The van der Waals surface area contributed by atoms with Crippen molar-refractivity contribution in [2.75, 3.05) is 19.7 Å². The summed E-state index contributed by atoms with van der Waals surface area (Å²) >= 11 is 6.30. The number of piperidine rings is 1. The molecule has 0 aliphatic carbocycles. The molecule has 1 atom stereocenters. The Morgan fingerprint density at radius 2 is 1.92 bits per heavy atom. The Hall–Kier alpha value is -2.04. The molecule has 0 aromatic heterocycles. The summed E-state index contributed by atoms with van der Waals surface area (Å²) in [5.74, 6) is -0.127. The second-order valence-electron chi connectivity index (χ2n) is 6.58. The van der Waals surface area contributed by atoms with Crippen LogP contribution in [0.15, 0.2) is 48.5 Å². The van der Waals surface area contributed by atoms with Crippen LogP contribution < -0.4 is 4.74 Å². The van der Waals surface area contributed by atoms with E-state index in [9.17, 15) is 9.90 Å². The molecule has 0 bridgehead atoms. The van der Waals surface area contributed by atoms with E-state index in [4.69, 9.17) is 16.3 Å². The molecule has 1 saturated heterocycles. The minimum atomic E-state index is -0.696. The Labute approximate surface area is 159 Å². The lowest BCUT2D eigenvalue weighted by molar-refractivity contribution is -0.143. The highest BCUT2D eigenvalue weighted by Gasteiger charge is 2.31. The number of likely N-dealkylation sites (tertiary alicyclic amines) is 1. The Balaban J connectivity index is 1.98. The molecule has 5 heteroatoms. The first-order valence-corrected chi connectivity index (χ1v) is 9.42. The normalized spacial score (nSPS) is 17.0. The largest absolute Gasteiger partial charge is 0.494 e. The zero-order valence-corrected chi connectivity index (χ0v) is 15.7. The van der Waals surface area contributed by atoms with E-state index >= 15 is 0 Å². The van der Waals surface area contributed by atoms with Crippen molar-refractivity contribution in [3.8, 4) is 5.75 Å². The summed E-state index contributed by atoms with van der Waals surface area (Å²) in [6.07, 6.45) is 1.31. The topological polar surface area (TPSA) is 49.8 Å². The van der Waals surface area contributed by atoms with Crippen LogP contribution in [0.25, 0.3) is 0 Å². The molecule has 1 aliphatic heterocycles. The molecule has 1 fully saturated rings. The minimum Gasteiger partial charge on any atom is -0.494 e. The average Bonchev–Trinajstić information content (AvgIpc) is 2.65. The third-order valence-electron chi connectivity index (χ3n) is 4.93. The van der Waals surface area contributed by atoms with Gasteiger partial charge in [0.25, 0.3) is 0 Å². The summed E-state index contributed by atoms with van der Waals surface area (Å²) in [5.41, 5.74) is 2.18. The number of nitrogens with zero attached hydrogens (tertiary/aromatic N) is 1. The van der Waals surface area contributed by atoms with Crippen molar-refractivity contribution < 1.29 is 14.6 Å². The monoisotopic (exact) mass is 373 g/mol. The Morgan fingerprint density at radius 1 is 1.23 bits per heavy atom. The summed E-state index contributed by atoms with van der Waals surface area (Å²) in [4.78, 5) is 13.6. The SMILES string of the molecule is CCOc1ccc(Cl)cc1C(c1ccccc1)N1CCC(C(=O)O)CC1. The molecule has 4 nitrogen and oxygen atoms in total. The van der Waals surface area contributed by atoms with Gasteiger partial charge in [0, 0.05) is 10.6 Å². The lowest BCUT2D eigenvalue weighted by Gasteiger charge is -2.37. The molecule has 0 amide bonds. The molecule has 2 aromatic carbocycles. The lowest BCUT2D eigenvalue weighted by atomic mass is 9.91. The third-order valence-corrected chi connectivity index (χ3v) is 5.16. The van der Waals surface area contributed by atoms with Gasteiger partial charge >= 0.3 is 5.97 Å². The van der Waals surface area contributed by atoms with Crippen molar-refractivity contribution in [3.05, 3.63) is 64.7 Å². The van der Waals surface area contributed by atoms with Gasteiger partial charge < -0.3 is 9.84 Å². The second-order valence-corrected chi connectivity index (χ2v) is 7.01. The molecule has 0 radical (unpaired) electrons. The number of hydrogen-bond acceptors (Lipinski definition) is 3. The van der Waals surface area contributed by atoms with Gasteiger partial charge in [-0.15, -0.1) is 0 Å². The minimum absolute atomic E-state index is 0.00815. The highest BCUT2D eigenvalue weighted by atomic mass is 35.5. The summed E-state index contributed by atoms with van der Waals surface area (Å²) in [6.45, 7) is 4.01. The average molecular weight is 374 g/mol. The van der Waals surface area contributed by atoms with Crippen LogP contribution in [0.2, 0.25) is 5.02 Å². The van der Waals surface area contributed by atoms with Crippen molar-refractivity contribution in [2.45, 2.75) is 25.8 Å². The number of carboxylic acids is 1. The van der Waals surface area contributed by atoms with Gasteiger partial charge in [0.1, 0.15) is 5.75 Å². The maximum absolute atomic E-state index is 11.3. The van der Waals surface area contributed by atoms with Crippen molar-refractivity contribution in [3.63, 3.8) is 0 Å². The van der Waals surface area contributed by atoms with Gasteiger partial charge in [-0.3, -0.25) is 9.69 Å². The zero-order chi connectivity index (χ0) is 18.5. The van der Waals surface area contributed by atoms with Crippen molar-refractivity contribution in [2.24, 2.45) is 5.92 Å². The molecule has 2 aromatic rings. The Morgan fingerprint density at radius 3 is 2.54 bits per heavy atom. The molecule has 1 heterocycles. The predicted octanol–water partition coefficient (Wildman–Crippen LogP) is 4.62. The number of carboxylic acid groups (broad SMARTS) is 1. The van der Waals surface area contributed by atoms with Crippen LogP contribution >= 0.6 is 11.6 Å². The number of hydrogen-bond donors (Lipinski definition) is 1. The predicted molar refractivity (Wildman–Crippen MR) is 103 cm³/mol. The van der Waals surface area contributed by atoms with E-state index in [1.165, 1.54) is 0 Å². The van der Waals surface area contributed by atoms with Crippen LogP contribution in [0.1, 0.15) is 36.9 Å².